The van der Waals surface area contributed by atoms with Crippen LogP contribution in [0.25, 0.3) is 0 Å². The molecule has 2 aromatic rings. The molecule has 3 nitrogen and oxygen atoms in total. The minimum Gasteiger partial charge on any atom is -0.493 e. The van der Waals surface area contributed by atoms with E-state index in [2.05, 4.69) is 10.2 Å². The lowest BCUT2D eigenvalue weighted by Gasteiger charge is -2.05. The van der Waals surface area contributed by atoms with Gasteiger partial charge in [-0.05, 0) is 25.1 Å². The van der Waals surface area contributed by atoms with Gasteiger partial charge in [0, 0.05) is 18.2 Å². The number of nitrogens with zero attached hydrogens (tertiary/aromatic N) is 1. The zero-order valence-electron chi connectivity index (χ0n) is 9.34. The number of halogens is 2. The molecule has 0 aliphatic heterocycles. The standard InChI is InChI=1S/C12H12Cl2N2O/c1-8-6-9(16-15-8)4-5-17-10-2-3-11(13)12(14)7-10/h2-3,6-7H,4-5H2,1H3,(H,15,16). The molecule has 0 saturated heterocycles. The summed E-state index contributed by atoms with van der Waals surface area (Å²) in [6.45, 7) is 2.53. The molecular formula is C12H12Cl2N2O. The minimum absolute atomic E-state index is 0.500. The predicted octanol–water partition coefficient (Wildman–Crippen LogP) is 3.65. The molecule has 0 amide bonds. The fourth-order valence-corrected chi connectivity index (χ4v) is 1.73. The first-order valence-corrected chi connectivity index (χ1v) is 5.99. The summed E-state index contributed by atoms with van der Waals surface area (Å²) in [5.41, 5.74) is 2.04. The van der Waals surface area contributed by atoms with E-state index in [1.165, 1.54) is 0 Å². The lowest BCUT2D eigenvalue weighted by atomic mass is 10.3. The number of aryl methyl sites for hydroxylation is 1. The fourth-order valence-electron chi connectivity index (χ4n) is 1.44. The molecule has 0 aliphatic carbocycles. The van der Waals surface area contributed by atoms with Crippen molar-refractivity contribution in [2.45, 2.75) is 13.3 Å². The van der Waals surface area contributed by atoms with Gasteiger partial charge in [0.1, 0.15) is 5.75 Å². The Labute approximate surface area is 110 Å². The molecule has 17 heavy (non-hydrogen) atoms. The average Bonchev–Trinajstić information content (AvgIpc) is 2.70. The summed E-state index contributed by atoms with van der Waals surface area (Å²) in [6.07, 6.45) is 0.755. The van der Waals surface area contributed by atoms with Crippen LogP contribution in [-0.2, 0) is 6.42 Å². The third kappa shape index (κ3) is 3.38. The van der Waals surface area contributed by atoms with Gasteiger partial charge in [-0.2, -0.15) is 5.10 Å². The molecule has 0 aliphatic rings. The Kier molecular flexibility index (Phi) is 3.92. The van der Waals surface area contributed by atoms with Gasteiger partial charge in [0.15, 0.2) is 0 Å². The summed E-state index contributed by atoms with van der Waals surface area (Å²) in [5.74, 6) is 0.714. The summed E-state index contributed by atoms with van der Waals surface area (Å²) in [5, 5.41) is 8.05. The van der Waals surface area contributed by atoms with E-state index >= 15 is 0 Å². The fraction of sp³-hybridized carbons (Fsp3) is 0.250. The van der Waals surface area contributed by atoms with Crippen molar-refractivity contribution < 1.29 is 4.74 Å². The number of ether oxygens (including phenoxy) is 1. The molecule has 90 valence electrons. The first kappa shape index (κ1) is 12.3. The van der Waals surface area contributed by atoms with Crippen molar-refractivity contribution in [3.05, 3.63) is 45.7 Å². The number of hydrogen-bond donors (Lipinski definition) is 1. The van der Waals surface area contributed by atoms with Crippen LogP contribution in [0.3, 0.4) is 0 Å². The van der Waals surface area contributed by atoms with Crippen LogP contribution in [0.15, 0.2) is 24.3 Å². The lowest BCUT2D eigenvalue weighted by Crippen LogP contribution is -2.01. The maximum atomic E-state index is 5.88. The van der Waals surface area contributed by atoms with Crippen molar-refractivity contribution in [2.24, 2.45) is 0 Å². The molecule has 1 heterocycles. The first-order chi connectivity index (χ1) is 8.15. The summed E-state index contributed by atoms with van der Waals surface area (Å²) < 4.78 is 5.56. The van der Waals surface area contributed by atoms with Crippen LogP contribution in [-0.4, -0.2) is 16.8 Å². The third-order valence-electron chi connectivity index (χ3n) is 2.28. The Morgan fingerprint density at radius 2 is 2.06 bits per heavy atom. The van der Waals surface area contributed by atoms with E-state index in [4.69, 9.17) is 27.9 Å². The Morgan fingerprint density at radius 3 is 2.71 bits per heavy atom. The number of aromatic amines is 1. The number of benzene rings is 1. The van der Waals surface area contributed by atoms with Crippen LogP contribution in [0.5, 0.6) is 5.75 Å². The van der Waals surface area contributed by atoms with Crippen molar-refractivity contribution in [1.82, 2.24) is 10.2 Å². The highest BCUT2D eigenvalue weighted by atomic mass is 35.5. The van der Waals surface area contributed by atoms with Crippen molar-refractivity contribution in [1.29, 1.82) is 0 Å². The van der Waals surface area contributed by atoms with E-state index in [0.717, 1.165) is 17.8 Å². The molecule has 0 unspecified atom stereocenters. The number of nitrogens with one attached hydrogen (secondary N) is 1. The van der Waals surface area contributed by atoms with Gasteiger partial charge < -0.3 is 4.74 Å². The molecule has 0 spiro atoms. The van der Waals surface area contributed by atoms with Gasteiger partial charge in [0.05, 0.1) is 22.3 Å². The molecular weight excluding hydrogens is 259 g/mol. The predicted molar refractivity (Wildman–Crippen MR) is 69.0 cm³/mol. The highest BCUT2D eigenvalue weighted by molar-refractivity contribution is 6.42. The monoisotopic (exact) mass is 270 g/mol. The zero-order chi connectivity index (χ0) is 12.3. The summed E-state index contributed by atoms with van der Waals surface area (Å²) in [7, 11) is 0. The van der Waals surface area contributed by atoms with Crippen molar-refractivity contribution in [2.75, 3.05) is 6.61 Å². The van der Waals surface area contributed by atoms with Crippen molar-refractivity contribution >= 4 is 23.2 Å². The molecule has 0 bridgehead atoms. The normalized spacial score (nSPS) is 10.5. The Bertz CT molecular complexity index is 511. The van der Waals surface area contributed by atoms with E-state index in [-0.39, 0.29) is 0 Å². The highest BCUT2D eigenvalue weighted by Crippen LogP contribution is 2.26. The van der Waals surface area contributed by atoms with E-state index < -0.39 is 0 Å². The third-order valence-corrected chi connectivity index (χ3v) is 3.02. The van der Waals surface area contributed by atoms with Crippen molar-refractivity contribution in [3.63, 3.8) is 0 Å². The number of rotatable bonds is 4. The minimum atomic E-state index is 0.500. The smallest absolute Gasteiger partial charge is 0.120 e. The highest BCUT2D eigenvalue weighted by Gasteiger charge is 2.02. The Balaban J connectivity index is 1.87. The summed E-state index contributed by atoms with van der Waals surface area (Å²) in [4.78, 5) is 0. The van der Waals surface area contributed by atoms with Crippen LogP contribution in [0.1, 0.15) is 11.4 Å². The Morgan fingerprint density at radius 1 is 1.24 bits per heavy atom. The second kappa shape index (κ2) is 5.43. The second-order valence-electron chi connectivity index (χ2n) is 3.72. The molecule has 0 radical (unpaired) electrons. The van der Waals surface area contributed by atoms with Gasteiger partial charge in [0.2, 0.25) is 0 Å². The van der Waals surface area contributed by atoms with Crippen molar-refractivity contribution in [3.8, 4) is 5.75 Å². The number of aromatic nitrogens is 2. The molecule has 1 N–H and O–H groups in total. The second-order valence-corrected chi connectivity index (χ2v) is 4.53. The van der Waals surface area contributed by atoms with Gasteiger partial charge in [0.25, 0.3) is 0 Å². The van der Waals surface area contributed by atoms with Gasteiger partial charge in [-0.3, -0.25) is 5.10 Å². The summed E-state index contributed by atoms with van der Waals surface area (Å²) in [6, 6.07) is 7.22. The molecule has 0 fully saturated rings. The summed E-state index contributed by atoms with van der Waals surface area (Å²) >= 11 is 11.7. The number of hydrogen-bond acceptors (Lipinski definition) is 2. The van der Waals surface area contributed by atoms with Gasteiger partial charge in [-0.1, -0.05) is 23.2 Å². The first-order valence-electron chi connectivity index (χ1n) is 5.24. The topological polar surface area (TPSA) is 37.9 Å². The van der Waals surface area contributed by atoms with Gasteiger partial charge in [-0.15, -0.1) is 0 Å². The van der Waals surface area contributed by atoms with Gasteiger partial charge in [-0.25, -0.2) is 0 Å². The quantitative estimate of drug-likeness (QED) is 0.921. The van der Waals surface area contributed by atoms with E-state index in [0.29, 0.717) is 22.4 Å². The van der Waals surface area contributed by atoms with E-state index in [1.807, 2.05) is 13.0 Å². The van der Waals surface area contributed by atoms with E-state index in [1.54, 1.807) is 18.2 Å². The van der Waals surface area contributed by atoms with Crippen LogP contribution >= 0.6 is 23.2 Å². The molecule has 5 heteroatoms. The van der Waals surface area contributed by atoms with Crippen LogP contribution < -0.4 is 4.74 Å². The zero-order valence-corrected chi connectivity index (χ0v) is 10.8. The maximum absolute atomic E-state index is 5.88. The van der Waals surface area contributed by atoms with Crippen LogP contribution in [0, 0.1) is 6.92 Å². The lowest BCUT2D eigenvalue weighted by molar-refractivity contribution is 0.320. The van der Waals surface area contributed by atoms with E-state index in [9.17, 15) is 0 Å². The molecule has 0 atom stereocenters. The van der Waals surface area contributed by atoms with Gasteiger partial charge >= 0.3 is 0 Å². The van der Waals surface area contributed by atoms with Crippen LogP contribution in [0.2, 0.25) is 10.0 Å². The van der Waals surface area contributed by atoms with Crippen LogP contribution in [0.4, 0.5) is 0 Å². The number of H-pyrrole nitrogens is 1. The Hall–Kier alpha value is -1.19. The average molecular weight is 271 g/mol. The molecule has 1 aromatic carbocycles. The molecule has 0 saturated carbocycles. The molecule has 2 rings (SSSR count). The SMILES string of the molecule is Cc1cc(CCOc2ccc(Cl)c(Cl)c2)n[nH]1. The largest absolute Gasteiger partial charge is 0.493 e. The molecule has 1 aromatic heterocycles. The maximum Gasteiger partial charge on any atom is 0.120 e.